The van der Waals surface area contributed by atoms with Gasteiger partial charge in [0, 0.05) is 24.1 Å². The van der Waals surface area contributed by atoms with E-state index >= 15 is 0 Å². The van der Waals surface area contributed by atoms with Crippen molar-refractivity contribution in [3.8, 4) is 0 Å². The molecular formula is C17H14F2N4O. The van der Waals surface area contributed by atoms with E-state index in [9.17, 15) is 8.78 Å². The van der Waals surface area contributed by atoms with E-state index in [0.717, 1.165) is 22.8 Å². The summed E-state index contributed by atoms with van der Waals surface area (Å²) in [7, 11) is 1.87. The van der Waals surface area contributed by atoms with Gasteiger partial charge < -0.3 is 9.09 Å². The lowest BCUT2D eigenvalue weighted by molar-refractivity contribution is 0.151. The number of pyridine rings is 1. The van der Waals surface area contributed by atoms with E-state index in [0.29, 0.717) is 22.8 Å². The van der Waals surface area contributed by atoms with Crippen LogP contribution in [0.1, 0.15) is 29.3 Å². The molecule has 0 bridgehead atoms. The summed E-state index contributed by atoms with van der Waals surface area (Å²) in [5.41, 5.74) is 2.88. The van der Waals surface area contributed by atoms with Crippen LogP contribution in [-0.4, -0.2) is 19.7 Å². The Morgan fingerprint density at radius 3 is 2.75 bits per heavy atom. The zero-order chi connectivity index (χ0) is 16.8. The molecule has 1 aromatic carbocycles. The van der Waals surface area contributed by atoms with Crippen LogP contribution in [0.2, 0.25) is 0 Å². The molecule has 7 heteroatoms. The van der Waals surface area contributed by atoms with E-state index < -0.39 is 6.43 Å². The van der Waals surface area contributed by atoms with Crippen LogP contribution in [0.3, 0.4) is 0 Å². The number of imidazole rings is 1. The molecule has 0 aliphatic heterocycles. The lowest BCUT2D eigenvalue weighted by Gasteiger charge is -2.05. The quantitative estimate of drug-likeness (QED) is 0.571. The SMILES string of the molecule is Cc1cc(Cc2nc3cnc4ccc(C(F)F)cc4c3n2C)no1. The molecule has 0 saturated carbocycles. The van der Waals surface area contributed by atoms with Crippen LogP contribution in [0.5, 0.6) is 0 Å². The van der Waals surface area contributed by atoms with E-state index in [-0.39, 0.29) is 5.56 Å². The van der Waals surface area contributed by atoms with Gasteiger partial charge in [-0.3, -0.25) is 4.98 Å². The van der Waals surface area contributed by atoms with Crippen molar-refractivity contribution >= 4 is 21.9 Å². The Labute approximate surface area is 135 Å². The van der Waals surface area contributed by atoms with Crippen molar-refractivity contribution < 1.29 is 13.3 Å². The topological polar surface area (TPSA) is 56.7 Å². The van der Waals surface area contributed by atoms with Crippen LogP contribution in [0.15, 0.2) is 35.0 Å². The van der Waals surface area contributed by atoms with Crippen LogP contribution in [0, 0.1) is 6.92 Å². The summed E-state index contributed by atoms with van der Waals surface area (Å²) < 4.78 is 33.0. The predicted octanol–water partition coefficient (Wildman–Crippen LogP) is 3.95. The minimum atomic E-state index is -2.52. The highest BCUT2D eigenvalue weighted by atomic mass is 19.3. The smallest absolute Gasteiger partial charge is 0.263 e. The Morgan fingerprint density at radius 1 is 1.21 bits per heavy atom. The number of rotatable bonds is 3. The molecular weight excluding hydrogens is 314 g/mol. The normalized spacial score (nSPS) is 11.9. The van der Waals surface area contributed by atoms with Gasteiger partial charge in [-0.25, -0.2) is 13.8 Å². The van der Waals surface area contributed by atoms with Crippen molar-refractivity contribution in [3.05, 3.63) is 53.3 Å². The largest absolute Gasteiger partial charge is 0.361 e. The Balaban J connectivity index is 1.90. The summed E-state index contributed by atoms with van der Waals surface area (Å²) in [5.74, 6) is 1.51. The second-order valence-corrected chi connectivity index (χ2v) is 5.76. The summed E-state index contributed by atoms with van der Waals surface area (Å²) in [5, 5.41) is 4.65. The summed E-state index contributed by atoms with van der Waals surface area (Å²) in [6.07, 6.45) is -0.356. The Morgan fingerprint density at radius 2 is 2.04 bits per heavy atom. The number of nitrogens with zero attached hydrogens (tertiary/aromatic N) is 4. The highest BCUT2D eigenvalue weighted by molar-refractivity contribution is 6.02. The molecule has 122 valence electrons. The number of hydrogen-bond acceptors (Lipinski definition) is 4. The molecule has 0 saturated heterocycles. The third kappa shape index (κ3) is 2.33. The molecule has 4 rings (SSSR count). The van der Waals surface area contributed by atoms with Gasteiger partial charge in [-0.15, -0.1) is 0 Å². The minimum absolute atomic E-state index is 0.0216. The molecule has 0 amide bonds. The van der Waals surface area contributed by atoms with Crippen molar-refractivity contribution in [2.75, 3.05) is 0 Å². The Hall–Kier alpha value is -2.83. The van der Waals surface area contributed by atoms with Gasteiger partial charge in [0.2, 0.25) is 0 Å². The number of halogens is 2. The monoisotopic (exact) mass is 328 g/mol. The molecule has 24 heavy (non-hydrogen) atoms. The van der Waals surface area contributed by atoms with Crippen molar-refractivity contribution in [2.45, 2.75) is 19.8 Å². The zero-order valence-electron chi connectivity index (χ0n) is 13.1. The van der Waals surface area contributed by atoms with Gasteiger partial charge >= 0.3 is 0 Å². The van der Waals surface area contributed by atoms with E-state index in [1.54, 1.807) is 12.3 Å². The van der Waals surface area contributed by atoms with Gasteiger partial charge in [0.15, 0.2) is 0 Å². The molecule has 0 atom stereocenters. The lowest BCUT2D eigenvalue weighted by Crippen LogP contribution is -1.99. The van der Waals surface area contributed by atoms with E-state index in [2.05, 4.69) is 15.1 Å². The first kappa shape index (κ1) is 14.7. The van der Waals surface area contributed by atoms with Crippen molar-refractivity contribution in [1.82, 2.24) is 19.7 Å². The van der Waals surface area contributed by atoms with Crippen LogP contribution < -0.4 is 0 Å². The van der Waals surface area contributed by atoms with Gasteiger partial charge in [-0.2, -0.15) is 0 Å². The minimum Gasteiger partial charge on any atom is -0.361 e. The van der Waals surface area contributed by atoms with Gasteiger partial charge in [0.05, 0.1) is 29.3 Å². The van der Waals surface area contributed by atoms with Gasteiger partial charge in [0.25, 0.3) is 6.43 Å². The zero-order valence-corrected chi connectivity index (χ0v) is 13.1. The average molecular weight is 328 g/mol. The van der Waals surface area contributed by atoms with Crippen LogP contribution in [0.25, 0.3) is 21.9 Å². The summed E-state index contributed by atoms with van der Waals surface area (Å²) in [6.45, 7) is 1.83. The molecule has 0 fully saturated rings. The Kier molecular flexibility index (Phi) is 3.30. The van der Waals surface area contributed by atoms with Gasteiger partial charge in [-0.05, 0) is 19.1 Å². The first-order valence-corrected chi connectivity index (χ1v) is 7.47. The fourth-order valence-corrected chi connectivity index (χ4v) is 2.92. The summed E-state index contributed by atoms with van der Waals surface area (Å²) in [6, 6.07) is 6.36. The molecule has 0 aliphatic rings. The van der Waals surface area contributed by atoms with Gasteiger partial charge in [0.1, 0.15) is 17.1 Å². The maximum Gasteiger partial charge on any atom is 0.263 e. The Bertz CT molecular complexity index is 1050. The number of hydrogen-bond donors (Lipinski definition) is 0. The number of benzene rings is 1. The highest BCUT2D eigenvalue weighted by Gasteiger charge is 2.15. The second-order valence-electron chi connectivity index (χ2n) is 5.76. The van der Waals surface area contributed by atoms with Crippen LogP contribution >= 0.6 is 0 Å². The summed E-state index contributed by atoms with van der Waals surface area (Å²) in [4.78, 5) is 8.89. The molecule has 3 heterocycles. The average Bonchev–Trinajstić information content (AvgIpc) is 3.11. The third-order valence-corrected chi connectivity index (χ3v) is 4.08. The fraction of sp³-hybridized carbons (Fsp3) is 0.235. The fourth-order valence-electron chi connectivity index (χ4n) is 2.92. The maximum atomic E-state index is 13.0. The number of aromatic nitrogens is 4. The first-order chi connectivity index (χ1) is 11.5. The van der Waals surface area contributed by atoms with Crippen molar-refractivity contribution in [3.63, 3.8) is 0 Å². The molecule has 0 N–H and O–H groups in total. The number of alkyl halides is 2. The standard InChI is InChI=1S/C17H14F2N4O/c1-9-5-11(22-24-9)7-15-21-14-8-20-13-4-3-10(17(18)19)6-12(13)16(14)23(15)2/h3-6,8,17H,7H2,1-2H3. The van der Waals surface area contributed by atoms with Gasteiger partial charge in [-0.1, -0.05) is 11.2 Å². The molecule has 0 unspecified atom stereocenters. The number of aryl methyl sites for hydroxylation is 2. The molecule has 5 nitrogen and oxygen atoms in total. The van der Waals surface area contributed by atoms with Crippen molar-refractivity contribution in [2.24, 2.45) is 7.05 Å². The van der Waals surface area contributed by atoms with E-state index in [4.69, 9.17) is 4.52 Å². The van der Waals surface area contributed by atoms with E-state index in [1.165, 1.54) is 12.1 Å². The molecule has 4 aromatic rings. The van der Waals surface area contributed by atoms with Crippen LogP contribution in [0.4, 0.5) is 8.78 Å². The summed E-state index contributed by atoms with van der Waals surface area (Å²) >= 11 is 0. The molecule has 0 aliphatic carbocycles. The predicted molar refractivity (Wildman–Crippen MR) is 85.0 cm³/mol. The first-order valence-electron chi connectivity index (χ1n) is 7.47. The second kappa shape index (κ2) is 5.36. The lowest BCUT2D eigenvalue weighted by atomic mass is 10.1. The van der Waals surface area contributed by atoms with E-state index in [1.807, 2.05) is 24.6 Å². The maximum absolute atomic E-state index is 13.0. The van der Waals surface area contributed by atoms with Crippen LogP contribution in [-0.2, 0) is 13.5 Å². The molecule has 3 aromatic heterocycles. The highest BCUT2D eigenvalue weighted by Crippen LogP contribution is 2.28. The molecule has 0 spiro atoms. The number of fused-ring (bicyclic) bond motifs is 3. The van der Waals surface area contributed by atoms with Crippen molar-refractivity contribution in [1.29, 1.82) is 0 Å². The molecule has 0 radical (unpaired) electrons. The third-order valence-electron chi connectivity index (χ3n) is 4.08.